The van der Waals surface area contributed by atoms with Gasteiger partial charge in [-0.2, -0.15) is 0 Å². The molecule has 1 unspecified atom stereocenters. The lowest BCUT2D eigenvalue weighted by atomic mass is 10.0. The van der Waals surface area contributed by atoms with Gasteiger partial charge in [0.15, 0.2) is 5.96 Å². The van der Waals surface area contributed by atoms with Crippen LogP contribution in [-0.4, -0.2) is 64.3 Å². The summed E-state index contributed by atoms with van der Waals surface area (Å²) < 4.78 is 5.58. The molecule has 1 atom stereocenters. The standard InChI is InChI=1S/C17H38N4O.HI/c1-14(2)11-16(21(6)7)12-20-17(18-5)19-9-8-10-22-13-15(3)4;/h14-16H,8-13H2,1-7H3,(H2,18,19,20);1H. The van der Waals surface area contributed by atoms with Crippen molar-refractivity contribution in [2.24, 2.45) is 16.8 Å². The summed E-state index contributed by atoms with van der Waals surface area (Å²) in [6, 6.07) is 0.521. The molecule has 0 aromatic heterocycles. The lowest BCUT2D eigenvalue weighted by molar-refractivity contribution is 0.108. The van der Waals surface area contributed by atoms with Crippen LogP contribution >= 0.6 is 24.0 Å². The molecule has 0 amide bonds. The fraction of sp³-hybridized carbons (Fsp3) is 0.941. The van der Waals surface area contributed by atoms with E-state index in [0.29, 0.717) is 17.9 Å². The van der Waals surface area contributed by atoms with Gasteiger partial charge in [0.2, 0.25) is 0 Å². The van der Waals surface area contributed by atoms with Crippen molar-refractivity contribution in [1.82, 2.24) is 15.5 Å². The summed E-state index contributed by atoms with van der Waals surface area (Å²) in [5, 5.41) is 6.77. The van der Waals surface area contributed by atoms with Gasteiger partial charge in [0.05, 0.1) is 0 Å². The van der Waals surface area contributed by atoms with Crippen LogP contribution in [0.4, 0.5) is 0 Å². The van der Waals surface area contributed by atoms with Gasteiger partial charge in [-0.3, -0.25) is 4.99 Å². The lowest BCUT2D eigenvalue weighted by Gasteiger charge is -2.27. The molecule has 23 heavy (non-hydrogen) atoms. The molecule has 0 aliphatic rings. The fourth-order valence-corrected chi connectivity index (χ4v) is 2.16. The number of nitrogens with one attached hydrogen (secondary N) is 2. The van der Waals surface area contributed by atoms with Gasteiger partial charge >= 0.3 is 0 Å². The number of likely N-dealkylation sites (N-methyl/N-ethyl adjacent to an activating group) is 1. The molecular weight excluding hydrogens is 403 g/mol. The molecule has 0 radical (unpaired) electrons. The van der Waals surface area contributed by atoms with E-state index >= 15 is 0 Å². The highest BCUT2D eigenvalue weighted by molar-refractivity contribution is 14.0. The number of hydrogen-bond donors (Lipinski definition) is 2. The molecule has 0 rings (SSSR count). The van der Waals surface area contributed by atoms with E-state index in [1.165, 1.54) is 6.42 Å². The monoisotopic (exact) mass is 442 g/mol. The number of hydrogen-bond acceptors (Lipinski definition) is 3. The van der Waals surface area contributed by atoms with Crippen LogP contribution in [0, 0.1) is 11.8 Å². The minimum atomic E-state index is 0. The van der Waals surface area contributed by atoms with Crippen molar-refractivity contribution < 1.29 is 4.74 Å². The summed E-state index contributed by atoms with van der Waals surface area (Å²) in [6.45, 7) is 12.3. The van der Waals surface area contributed by atoms with Crippen LogP contribution in [0.15, 0.2) is 4.99 Å². The molecule has 140 valence electrons. The number of nitrogens with zero attached hydrogens (tertiary/aromatic N) is 2. The zero-order valence-electron chi connectivity index (χ0n) is 16.2. The summed E-state index contributed by atoms with van der Waals surface area (Å²) >= 11 is 0. The maximum absolute atomic E-state index is 5.58. The number of aliphatic imine (C=N–C) groups is 1. The summed E-state index contributed by atoms with van der Waals surface area (Å²) in [6.07, 6.45) is 2.18. The van der Waals surface area contributed by atoms with E-state index in [9.17, 15) is 0 Å². The van der Waals surface area contributed by atoms with Gasteiger partial charge in [-0.1, -0.05) is 27.7 Å². The van der Waals surface area contributed by atoms with Crippen molar-refractivity contribution in [2.75, 3.05) is 47.4 Å². The zero-order valence-corrected chi connectivity index (χ0v) is 18.5. The third-order valence-corrected chi connectivity index (χ3v) is 3.41. The first-order chi connectivity index (χ1) is 10.4. The van der Waals surface area contributed by atoms with Crippen molar-refractivity contribution >= 4 is 29.9 Å². The van der Waals surface area contributed by atoms with E-state index in [0.717, 1.165) is 38.7 Å². The molecule has 5 nitrogen and oxygen atoms in total. The van der Waals surface area contributed by atoms with Crippen LogP contribution in [0.2, 0.25) is 0 Å². The van der Waals surface area contributed by atoms with Crippen molar-refractivity contribution in [3.8, 4) is 0 Å². The Morgan fingerprint density at radius 1 is 1.09 bits per heavy atom. The topological polar surface area (TPSA) is 48.9 Å². The first-order valence-electron chi connectivity index (χ1n) is 8.55. The average Bonchev–Trinajstić information content (AvgIpc) is 2.43. The Balaban J connectivity index is 0. The normalized spacial score (nSPS) is 13.4. The van der Waals surface area contributed by atoms with Crippen LogP contribution in [0.5, 0.6) is 0 Å². The molecule has 0 fully saturated rings. The number of ether oxygens (including phenoxy) is 1. The van der Waals surface area contributed by atoms with Gasteiger partial charge in [0.25, 0.3) is 0 Å². The van der Waals surface area contributed by atoms with Gasteiger partial charge < -0.3 is 20.3 Å². The Kier molecular flexibility index (Phi) is 16.9. The molecule has 0 spiro atoms. The molecule has 0 aromatic rings. The molecule has 0 saturated carbocycles. The molecule has 0 aliphatic heterocycles. The van der Waals surface area contributed by atoms with Crippen LogP contribution in [0.3, 0.4) is 0 Å². The van der Waals surface area contributed by atoms with E-state index in [2.05, 4.69) is 62.3 Å². The van der Waals surface area contributed by atoms with E-state index in [1.807, 2.05) is 7.05 Å². The Bertz CT molecular complexity index is 296. The van der Waals surface area contributed by atoms with Gasteiger partial charge in [0, 0.05) is 39.4 Å². The van der Waals surface area contributed by atoms with Gasteiger partial charge in [-0.05, 0) is 38.8 Å². The van der Waals surface area contributed by atoms with Gasteiger partial charge in [-0.25, -0.2) is 0 Å². The summed E-state index contributed by atoms with van der Waals surface area (Å²) in [4.78, 5) is 6.56. The Hall–Kier alpha value is -0.0800. The van der Waals surface area contributed by atoms with E-state index in [1.54, 1.807) is 0 Å². The molecule has 2 N–H and O–H groups in total. The molecular formula is C17H39IN4O. The third-order valence-electron chi connectivity index (χ3n) is 3.41. The Labute approximate surface area is 161 Å². The smallest absolute Gasteiger partial charge is 0.191 e. The van der Waals surface area contributed by atoms with Gasteiger partial charge in [-0.15, -0.1) is 24.0 Å². The number of rotatable bonds is 11. The quantitative estimate of drug-likeness (QED) is 0.224. The fourth-order valence-electron chi connectivity index (χ4n) is 2.16. The maximum Gasteiger partial charge on any atom is 0.191 e. The van der Waals surface area contributed by atoms with Crippen molar-refractivity contribution in [1.29, 1.82) is 0 Å². The van der Waals surface area contributed by atoms with E-state index in [-0.39, 0.29) is 24.0 Å². The van der Waals surface area contributed by atoms with Gasteiger partial charge in [0.1, 0.15) is 0 Å². The van der Waals surface area contributed by atoms with Crippen molar-refractivity contribution in [3.05, 3.63) is 0 Å². The zero-order chi connectivity index (χ0) is 17.0. The summed E-state index contributed by atoms with van der Waals surface area (Å²) in [5.74, 6) is 2.17. The second-order valence-corrected chi connectivity index (χ2v) is 6.95. The summed E-state index contributed by atoms with van der Waals surface area (Å²) in [7, 11) is 6.09. The Morgan fingerprint density at radius 2 is 1.74 bits per heavy atom. The lowest BCUT2D eigenvalue weighted by Crippen LogP contribution is -2.45. The average molecular weight is 442 g/mol. The van der Waals surface area contributed by atoms with Crippen LogP contribution in [-0.2, 0) is 4.74 Å². The number of guanidine groups is 1. The first kappa shape index (κ1) is 25.2. The second kappa shape index (κ2) is 15.4. The minimum Gasteiger partial charge on any atom is -0.381 e. The van der Waals surface area contributed by atoms with Crippen LogP contribution < -0.4 is 10.6 Å². The predicted molar refractivity (Wildman–Crippen MR) is 112 cm³/mol. The molecule has 0 heterocycles. The SMILES string of the molecule is CN=C(NCCCOCC(C)C)NCC(CC(C)C)N(C)C.I. The van der Waals surface area contributed by atoms with E-state index < -0.39 is 0 Å². The van der Waals surface area contributed by atoms with Crippen LogP contribution in [0.25, 0.3) is 0 Å². The van der Waals surface area contributed by atoms with Crippen molar-refractivity contribution in [3.63, 3.8) is 0 Å². The van der Waals surface area contributed by atoms with Crippen molar-refractivity contribution in [2.45, 2.75) is 46.6 Å². The molecule has 0 saturated heterocycles. The predicted octanol–water partition coefficient (Wildman–Crippen LogP) is 2.81. The third kappa shape index (κ3) is 15.2. The molecule has 0 aromatic carbocycles. The summed E-state index contributed by atoms with van der Waals surface area (Å²) in [5.41, 5.74) is 0. The number of halogens is 1. The first-order valence-corrected chi connectivity index (χ1v) is 8.55. The highest BCUT2D eigenvalue weighted by Crippen LogP contribution is 2.07. The van der Waals surface area contributed by atoms with Crippen LogP contribution in [0.1, 0.15) is 40.5 Å². The molecule has 6 heteroatoms. The Morgan fingerprint density at radius 3 is 2.22 bits per heavy atom. The highest BCUT2D eigenvalue weighted by atomic mass is 127. The largest absolute Gasteiger partial charge is 0.381 e. The minimum absolute atomic E-state index is 0. The second-order valence-electron chi connectivity index (χ2n) is 6.95. The van der Waals surface area contributed by atoms with E-state index in [4.69, 9.17) is 4.74 Å². The molecule has 0 aliphatic carbocycles. The highest BCUT2D eigenvalue weighted by Gasteiger charge is 2.13. The molecule has 0 bridgehead atoms. The maximum atomic E-state index is 5.58.